The average molecular weight is 492 g/mol. The Morgan fingerprint density at radius 2 is 1.92 bits per heavy atom. The van der Waals surface area contributed by atoms with E-state index in [0.717, 1.165) is 37.1 Å². The summed E-state index contributed by atoms with van der Waals surface area (Å²) in [6.45, 7) is 7.81. The molecule has 1 fully saturated rings. The molecule has 0 saturated carbocycles. The molecule has 36 heavy (non-hydrogen) atoms. The van der Waals surface area contributed by atoms with Crippen molar-refractivity contribution < 1.29 is 19.1 Å². The summed E-state index contributed by atoms with van der Waals surface area (Å²) in [4.78, 5) is 27.5. The van der Waals surface area contributed by atoms with Gasteiger partial charge in [-0.05, 0) is 89.0 Å². The lowest BCUT2D eigenvalue weighted by Gasteiger charge is -2.29. The number of ether oxygens (including phenoxy) is 1. The standard InChI is InChI=1S/C28H33N3O5/c1-17(2)5-6-19-15-21(8-9-24(19)32)29-28(34)30-23-16-20-7-10-25(18(3)26(20)36-27(23)33)35-22-11-13-31(4)14-12-22/h5,7-10,15-16,22,32H,6,11-14H2,1-4H3,(H2,29,30,34). The third-order valence-electron chi connectivity index (χ3n) is 6.38. The predicted molar refractivity (Wildman–Crippen MR) is 142 cm³/mol. The molecule has 8 nitrogen and oxygen atoms in total. The Labute approximate surface area is 210 Å². The van der Waals surface area contributed by atoms with E-state index in [4.69, 9.17) is 9.15 Å². The maximum absolute atomic E-state index is 12.7. The first-order valence-corrected chi connectivity index (χ1v) is 12.2. The van der Waals surface area contributed by atoms with Gasteiger partial charge in [-0.1, -0.05) is 11.6 Å². The molecule has 2 amide bonds. The highest BCUT2D eigenvalue weighted by Crippen LogP contribution is 2.30. The van der Waals surface area contributed by atoms with Gasteiger partial charge in [-0.3, -0.25) is 0 Å². The van der Waals surface area contributed by atoms with Gasteiger partial charge in [-0.25, -0.2) is 9.59 Å². The van der Waals surface area contributed by atoms with Gasteiger partial charge in [-0.15, -0.1) is 0 Å². The summed E-state index contributed by atoms with van der Waals surface area (Å²) in [5.74, 6) is 0.859. The maximum Gasteiger partial charge on any atom is 0.360 e. The van der Waals surface area contributed by atoms with Crippen molar-refractivity contribution in [2.45, 2.75) is 46.1 Å². The van der Waals surface area contributed by atoms with Crippen molar-refractivity contribution in [2.24, 2.45) is 0 Å². The van der Waals surface area contributed by atoms with Crippen LogP contribution in [0.2, 0.25) is 0 Å². The maximum atomic E-state index is 12.7. The number of hydrogen-bond donors (Lipinski definition) is 3. The SMILES string of the molecule is CC(C)=CCc1cc(NC(=O)Nc2cc3ccc(OC4CCN(C)CC4)c(C)c3oc2=O)ccc1O. The van der Waals surface area contributed by atoms with E-state index < -0.39 is 11.7 Å². The van der Waals surface area contributed by atoms with Gasteiger partial charge in [0.1, 0.15) is 28.9 Å². The van der Waals surface area contributed by atoms with Gasteiger partial charge in [-0.2, -0.15) is 0 Å². The number of phenols is 1. The van der Waals surface area contributed by atoms with E-state index in [1.54, 1.807) is 18.2 Å². The van der Waals surface area contributed by atoms with Gasteiger partial charge in [0.05, 0.1) is 0 Å². The van der Waals surface area contributed by atoms with Gasteiger partial charge in [0.15, 0.2) is 0 Å². The number of rotatable bonds is 6. The minimum absolute atomic E-state index is 0.0342. The molecule has 0 unspecified atom stereocenters. The average Bonchev–Trinajstić information content (AvgIpc) is 2.83. The molecule has 1 aromatic heterocycles. The lowest BCUT2D eigenvalue weighted by molar-refractivity contribution is 0.113. The second kappa shape index (κ2) is 10.9. The molecule has 1 aliphatic heterocycles. The number of aromatic hydroxyl groups is 1. The number of hydrogen-bond acceptors (Lipinski definition) is 6. The van der Waals surface area contributed by atoms with Crippen LogP contribution in [0.3, 0.4) is 0 Å². The van der Waals surface area contributed by atoms with E-state index in [0.29, 0.717) is 34.4 Å². The largest absolute Gasteiger partial charge is 0.508 e. The van der Waals surface area contributed by atoms with Crippen molar-refractivity contribution in [2.75, 3.05) is 30.8 Å². The quantitative estimate of drug-likeness (QED) is 0.241. The van der Waals surface area contributed by atoms with Crippen molar-refractivity contribution in [3.8, 4) is 11.5 Å². The van der Waals surface area contributed by atoms with E-state index in [1.165, 1.54) is 6.07 Å². The molecule has 190 valence electrons. The Bertz CT molecular complexity index is 1350. The number of aryl methyl sites for hydroxylation is 1. The highest BCUT2D eigenvalue weighted by molar-refractivity contribution is 6.00. The monoisotopic (exact) mass is 491 g/mol. The molecule has 8 heteroatoms. The highest BCUT2D eigenvalue weighted by Gasteiger charge is 2.20. The number of nitrogens with zero attached hydrogens (tertiary/aromatic N) is 1. The molecule has 0 atom stereocenters. The van der Waals surface area contributed by atoms with Crippen LogP contribution in [0.1, 0.15) is 37.8 Å². The fraction of sp³-hybridized carbons (Fsp3) is 0.357. The summed E-state index contributed by atoms with van der Waals surface area (Å²) < 4.78 is 11.8. The van der Waals surface area contributed by atoms with Crippen LogP contribution in [0.5, 0.6) is 11.5 Å². The summed E-state index contributed by atoms with van der Waals surface area (Å²) >= 11 is 0. The van der Waals surface area contributed by atoms with E-state index in [1.807, 2.05) is 39.0 Å². The zero-order chi connectivity index (χ0) is 25.8. The molecule has 2 heterocycles. The van der Waals surface area contributed by atoms with Gasteiger partial charge in [0.2, 0.25) is 0 Å². The molecule has 0 aliphatic carbocycles. The first kappa shape index (κ1) is 25.3. The second-order valence-electron chi connectivity index (χ2n) is 9.58. The summed E-state index contributed by atoms with van der Waals surface area (Å²) in [5.41, 5.74) is 2.90. The van der Waals surface area contributed by atoms with Gasteiger partial charge in [0, 0.05) is 29.7 Å². The van der Waals surface area contributed by atoms with Crippen molar-refractivity contribution in [3.05, 3.63) is 69.6 Å². The number of nitrogens with one attached hydrogen (secondary N) is 2. The Morgan fingerprint density at radius 1 is 1.17 bits per heavy atom. The number of anilines is 2. The van der Waals surface area contributed by atoms with Crippen LogP contribution in [-0.4, -0.2) is 42.3 Å². The number of phenolic OH excluding ortho intramolecular Hbond substituents is 1. The molecule has 1 saturated heterocycles. The number of likely N-dealkylation sites (tertiary alicyclic amines) is 1. The Balaban J connectivity index is 1.48. The number of amides is 2. The predicted octanol–water partition coefficient (Wildman–Crippen LogP) is 5.43. The Hall–Kier alpha value is -3.78. The number of allylic oxidation sites excluding steroid dienone is 2. The van der Waals surface area contributed by atoms with Crippen molar-refractivity contribution in [1.82, 2.24) is 4.90 Å². The molecular weight excluding hydrogens is 458 g/mol. The Morgan fingerprint density at radius 3 is 2.64 bits per heavy atom. The minimum Gasteiger partial charge on any atom is -0.508 e. The summed E-state index contributed by atoms with van der Waals surface area (Å²) in [6, 6.07) is 9.55. The number of urea groups is 1. The van der Waals surface area contributed by atoms with Crippen LogP contribution < -0.4 is 21.0 Å². The molecule has 0 spiro atoms. The fourth-order valence-corrected chi connectivity index (χ4v) is 4.23. The van der Waals surface area contributed by atoms with Crippen molar-refractivity contribution in [1.29, 1.82) is 0 Å². The van der Waals surface area contributed by atoms with Crippen molar-refractivity contribution in [3.63, 3.8) is 0 Å². The number of carbonyl (C=O) groups is 1. The second-order valence-corrected chi connectivity index (χ2v) is 9.58. The smallest absolute Gasteiger partial charge is 0.360 e. The van der Waals surface area contributed by atoms with Crippen LogP contribution in [0.15, 0.2) is 57.3 Å². The molecule has 0 radical (unpaired) electrons. The molecule has 1 aliphatic rings. The minimum atomic E-state index is -0.646. The van der Waals surface area contributed by atoms with Crippen LogP contribution in [0, 0.1) is 6.92 Å². The zero-order valence-electron chi connectivity index (χ0n) is 21.2. The number of fused-ring (bicyclic) bond motifs is 1. The topological polar surface area (TPSA) is 104 Å². The van der Waals surface area contributed by atoms with E-state index in [2.05, 4.69) is 22.6 Å². The fourth-order valence-electron chi connectivity index (χ4n) is 4.23. The zero-order valence-corrected chi connectivity index (χ0v) is 21.2. The number of benzene rings is 2. The van der Waals surface area contributed by atoms with Gasteiger partial charge < -0.3 is 29.8 Å². The molecule has 3 N–H and O–H groups in total. The van der Waals surface area contributed by atoms with E-state index in [-0.39, 0.29) is 17.5 Å². The van der Waals surface area contributed by atoms with Crippen molar-refractivity contribution >= 4 is 28.4 Å². The summed E-state index contributed by atoms with van der Waals surface area (Å²) in [6.07, 6.45) is 4.57. The van der Waals surface area contributed by atoms with Crippen LogP contribution in [0.25, 0.3) is 11.0 Å². The molecule has 3 aromatic rings. The third-order valence-corrected chi connectivity index (χ3v) is 6.38. The van der Waals surface area contributed by atoms with Crippen LogP contribution in [0.4, 0.5) is 16.2 Å². The molecular formula is C28H33N3O5. The third kappa shape index (κ3) is 6.07. The number of piperidine rings is 1. The summed E-state index contributed by atoms with van der Waals surface area (Å²) in [5, 5.41) is 16.0. The van der Waals surface area contributed by atoms with Gasteiger partial charge >= 0.3 is 11.7 Å². The lowest BCUT2D eigenvalue weighted by Crippen LogP contribution is -2.35. The lowest BCUT2D eigenvalue weighted by atomic mass is 10.1. The normalized spacial score (nSPS) is 14.4. The first-order chi connectivity index (χ1) is 17.2. The first-order valence-electron chi connectivity index (χ1n) is 12.2. The Kier molecular flexibility index (Phi) is 7.64. The highest BCUT2D eigenvalue weighted by atomic mass is 16.5. The van der Waals surface area contributed by atoms with Gasteiger partial charge in [0.25, 0.3) is 0 Å². The van der Waals surface area contributed by atoms with E-state index in [9.17, 15) is 14.7 Å². The van der Waals surface area contributed by atoms with E-state index >= 15 is 0 Å². The molecule has 2 aromatic carbocycles. The molecule has 4 rings (SSSR count). The molecule has 0 bridgehead atoms. The van der Waals surface area contributed by atoms with Crippen LogP contribution >= 0.6 is 0 Å². The summed E-state index contributed by atoms with van der Waals surface area (Å²) in [7, 11) is 2.10. The van der Waals surface area contributed by atoms with Crippen LogP contribution in [-0.2, 0) is 6.42 Å². The number of carbonyl (C=O) groups excluding carboxylic acids is 1.